The lowest BCUT2D eigenvalue weighted by atomic mass is 9.95. The van der Waals surface area contributed by atoms with E-state index >= 15 is 0 Å². The van der Waals surface area contributed by atoms with Crippen molar-refractivity contribution >= 4 is 22.6 Å². The zero-order valence-corrected chi connectivity index (χ0v) is 14.7. The van der Waals surface area contributed by atoms with Crippen LogP contribution in [0.15, 0.2) is 35.0 Å². The maximum Gasteiger partial charge on any atom is 0.259 e. The van der Waals surface area contributed by atoms with Crippen molar-refractivity contribution in [3.8, 4) is 0 Å². The summed E-state index contributed by atoms with van der Waals surface area (Å²) >= 11 is 0. The van der Waals surface area contributed by atoms with Gasteiger partial charge in [0.2, 0.25) is 0 Å². The Labute approximate surface area is 147 Å². The summed E-state index contributed by atoms with van der Waals surface area (Å²) in [7, 11) is 0. The second-order valence-corrected chi connectivity index (χ2v) is 6.93. The highest BCUT2D eigenvalue weighted by molar-refractivity contribution is 6.05. The van der Waals surface area contributed by atoms with Gasteiger partial charge in [0, 0.05) is 11.7 Å². The van der Waals surface area contributed by atoms with E-state index in [-0.39, 0.29) is 5.91 Å². The minimum atomic E-state index is -0.152. The van der Waals surface area contributed by atoms with Gasteiger partial charge in [-0.1, -0.05) is 19.3 Å². The summed E-state index contributed by atoms with van der Waals surface area (Å²) in [4.78, 5) is 17.0. The number of aryl methyl sites for hydroxylation is 2. The number of anilines is 1. The summed E-state index contributed by atoms with van der Waals surface area (Å²) in [6, 6.07) is 8.26. The third-order valence-electron chi connectivity index (χ3n) is 5.09. The van der Waals surface area contributed by atoms with Crippen molar-refractivity contribution in [1.82, 2.24) is 9.55 Å². The number of imidazole rings is 1. The van der Waals surface area contributed by atoms with Gasteiger partial charge in [0.15, 0.2) is 0 Å². The molecule has 1 aliphatic carbocycles. The second kappa shape index (κ2) is 6.39. The van der Waals surface area contributed by atoms with Gasteiger partial charge in [0.25, 0.3) is 5.91 Å². The monoisotopic (exact) mass is 337 g/mol. The first-order valence-corrected chi connectivity index (χ1v) is 8.97. The van der Waals surface area contributed by atoms with Crippen LogP contribution >= 0.6 is 0 Å². The van der Waals surface area contributed by atoms with Crippen molar-refractivity contribution < 1.29 is 9.21 Å². The highest BCUT2D eigenvalue weighted by Gasteiger charge is 2.18. The number of amides is 1. The van der Waals surface area contributed by atoms with Crippen LogP contribution in [0.4, 0.5) is 5.69 Å². The Balaban J connectivity index is 1.57. The van der Waals surface area contributed by atoms with Gasteiger partial charge >= 0.3 is 0 Å². The zero-order chi connectivity index (χ0) is 17.4. The van der Waals surface area contributed by atoms with Crippen molar-refractivity contribution in [3.05, 3.63) is 47.7 Å². The zero-order valence-electron chi connectivity index (χ0n) is 14.7. The van der Waals surface area contributed by atoms with E-state index in [1.807, 2.05) is 25.4 Å². The molecule has 5 heteroatoms. The van der Waals surface area contributed by atoms with Crippen molar-refractivity contribution in [2.24, 2.45) is 0 Å². The van der Waals surface area contributed by atoms with E-state index in [1.165, 1.54) is 32.1 Å². The quantitative estimate of drug-likeness (QED) is 0.731. The molecule has 2 heterocycles. The molecule has 0 atom stereocenters. The highest BCUT2D eigenvalue weighted by Crippen LogP contribution is 2.31. The van der Waals surface area contributed by atoms with Gasteiger partial charge in [0.05, 0.1) is 22.9 Å². The van der Waals surface area contributed by atoms with Crippen molar-refractivity contribution in [2.75, 3.05) is 5.32 Å². The van der Waals surface area contributed by atoms with Crippen LogP contribution in [0.1, 0.15) is 60.0 Å². The van der Waals surface area contributed by atoms with Crippen LogP contribution in [0.25, 0.3) is 11.0 Å². The van der Waals surface area contributed by atoms with Gasteiger partial charge < -0.3 is 14.3 Å². The molecule has 2 aromatic heterocycles. The molecule has 130 valence electrons. The maximum atomic E-state index is 12.4. The molecule has 0 bridgehead atoms. The smallest absolute Gasteiger partial charge is 0.259 e. The third-order valence-corrected chi connectivity index (χ3v) is 5.09. The Morgan fingerprint density at radius 2 is 2.00 bits per heavy atom. The van der Waals surface area contributed by atoms with Crippen molar-refractivity contribution in [1.29, 1.82) is 0 Å². The fourth-order valence-electron chi connectivity index (χ4n) is 3.81. The predicted molar refractivity (Wildman–Crippen MR) is 98.0 cm³/mol. The van der Waals surface area contributed by atoms with E-state index in [4.69, 9.17) is 4.42 Å². The topological polar surface area (TPSA) is 60.1 Å². The van der Waals surface area contributed by atoms with Crippen LogP contribution in [0, 0.1) is 13.8 Å². The molecular weight excluding hydrogens is 314 g/mol. The largest absolute Gasteiger partial charge is 0.466 e. The summed E-state index contributed by atoms with van der Waals surface area (Å²) in [5, 5.41) is 2.95. The lowest BCUT2D eigenvalue weighted by Gasteiger charge is -2.23. The van der Waals surface area contributed by atoms with Gasteiger partial charge in [-0.05, 0) is 51.0 Å². The van der Waals surface area contributed by atoms with Gasteiger partial charge in [-0.25, -0.2) is 4.98 Å². The molecule has 3 aromatic rings. The predicted octanol–water partition coefficient (Wildman–Crippen LogP) is 5.00. The Hall–Kier alpha value is -2.56. The standard InChI is InChI=1S/C20H23N3O2/c1-13-10-17(14(2)25-13)20(24)22-15-8-9-19-18(11-15)21-12-23(19)16-6-4-3-5-7-16/h8-12,16H,3-7H2,1-2H3,(H,22,24). The number of fused-ring (bicyclic) bond motifs is 1. The molecule has 0 saturated heterocycles. The molecule has 0 aliphatic heterocycles. The van der Waals surface area contributed by atoms with Crippen molar-refractivity contribution in [3.63, 3.8) is 0 Å². The normalized spacial score (nSPS) is 15.6. The Bertz CT molecular complexity index is 916. The minimum Gasteiger partial charge on any atom is -0.466 e. The number of benzene rings is 1. The molecule has 0 spiro atoms. The number of furan rings is 1. The lowest BCUT2D eigenvalue weighted by Crippen LogP contribution is -2.12. The first-order valence-electron chi connectivity index (χ1n) is 8.97. The van der Waals surface area contributed by atoms with Crippen LogP contribution in [0.3, 0.4) is 0 Å². The molecule has 1 aliphatic rings. The first kappa shape index (κ1) is 15.9. The molecule has 1 saturated carbocycles. The number of carbonyl (C=O) groups is 1. The number of nitrogens with zero attached hydrogens (tertiary/aromatic N) is 2. The second-order valence-electron chi connectivity index (χ2n) is 6.93. The Morgan fingerprint density at radius 3 is 2.72 bits per heavy atom. The molecule has 25 heavy (non-hydrogen) atoms. The number of hydrogen-bond acceptors (Lipinski definition) is 3. The maximum absolute atomic E-state index is 12.4. The molecule has 5 nitrogen and oxygen atoms in total. The van der Waals surface area contributed by atoms with Crippen molar-refractivity contribution in [2.45, 2.75) is 52.0 Å². The van der Waals surface area contributed by atoms with Gasteiger partial charge in [-0.2, -0.15) is 0 Å². The molecule has 0 unspecified atom stereocenters. The van der Waals surface area contributed by atoms with Crippen LogP contribution in [0.5, 0.6) is 0 Å². The van der Waals surface area contributed by atoms with Crippen LogP contribution in [0.2, 0.25) is 0 Å². The summed E-state index contributed by atoms with van der Waals surface area (Å²) in [5.74, 6) is 1.22. The third kappa shape index (κ3) is 3.06. The molecule has 1 amide bonds. The molecule has 0 radical (unpaired) electrons. The summed E-state index contributed by atoms with van der Waals surface area (Å²) in [6.07, 6.45) is 8.32. The van der Waals surface area contributed by atoms with E-state index in [1.54, 1.807) is 13.0 Å². The van der Waals surface area contributed by atoms with Gasteiger partial charge in [-0.3, -0.25) is 4.79 Å². The van der Waals surface area contributed by atoms with E-state index in [2.05, 4.69) is 20.9 Å². The van der Waals surface area contributed by atoms with Gasteiger partial charge in [0.1, 0.15) is 11.5 Å². The fraction of sp³-hybridized carbons (Fsp3) is 0.400. The molecular formula is C20H23N3O2. The van der Waals surface area contributed by atoms with E-state index < -0.39 is 0 Å². The average Bonchev–Trinajstić information content (AvgIpc) is 3.18. The average molecular weight is 337 g/mol. The van der Waals surface area contributed by atoms with Crippen LogP contribution in [-0.4, -0.2) is 15.5 Å². The number of rotatable bonds is 3. The van der Waals surface area contributed by atoms with E-state index in [9.17, 15) is 4.79 Å². The van der Waals surface area contributed by atoms with Gasteiger partial charge in [-0.15, -0.1) is 0 Å². The Morgan fingerprint density at radius 1 is 1.20 bits per heavy atom. The number of nitrogens with one attached hydrogen (secondary N) is 1. The summed E-state index contributed by atoms with van der Waals surface area (Å²) < 4.78 is 7.73. The van der Waals surface area contributed by atoms with E-state index in [0.717, 1.165) is 22.5 Å². The first-order chi connectivity index (χ1) is 12.1. The highest BCUT2D eigenvalue weighted by atomic mass is 16.3. The molecule has 4 rings (SSSR count). The summed E-state index contributed by atoms with van der Waals surface area (Å²) in [5.41, 5.74) is 3.39. The SMILES string of the molecule is Cc1cc(C(=O)Nc2ccc3c(c2)ncn3C2CCCCC2)c(C)o1. The van der Waals surface area contributed by atoms with Crippen LogP contribution in [-0.2, 0) is 0 Å². The number of hydrogen-bond donors (Lipinski definition) is 1. The minimum absolute atomic E-state index is 0.152. The molecule has 1 aromatic carbocycles. The lowest BCUT2D eigenvalue weighted by molar-refractivity contribution is 0.102. The van der Waals surface area contributed by atoms with Crippen LogP contribution < -0.4 is 5.32 Å². The fourth-order valence-corrected chi connectivity index (χ4v) is 3.81. The number of aromatic nitrogens is 2. The summed E-state index contributed by atoms with van der Waals surface area (Å²) in [6.45, 7) is 3.64. The van der Waals surface area contributed by atoms with E-state index in [0.29, 0.717) is 17.4 Å². The Kier molecular flexibility index (Phi) is 4.07. The molecule has 1 fully saturated rings. The molecule has 1 N–H and O–H groups in total. The number of carbonyl (C=O) groups excluding carboxylic acids is 1.